The summed E-state index contributed by atoms with van der Waals surface area (Å²) in [6.45, 7) is 3.86. The van der Waals surface area contributed by atoms with Gasteiger partial charge >= 0.3 is 15.7 Å². The van der Waals surface area contributed by atoms with E-state index in [1.807, 2.05) is 13.8 Å². The summed E-state index contributed by atoms with van der Waals surface area (Å²) in [7, 11) is -4.29. The Kier molecular flexibility index (Phi) is 4.27. The summed E-state index contributed by atoms with van der Waals surface area (Å²) in [5.41, 5.74) is 0.497. The van der Waals surface area contributed by atoms with Crippen molar-refractivity contribution in [1.82, 2.24) is 5.32 Å². The van der Waals surface area contributed by atoms with E-state index in [2.05, 4.69) is 5.32 Å². The summed E-state index contributed by atoms with van der Waals surface area (Å²) in [6, 6.07) is 9.32. The highest BCUT2D eigenvalue weighted by Crippen LogP contribution is 2.29. The molecule has 2 amide bonds. The summed E-state index contributed by atoms with van der Waals surface area (Å²) in [4.78, 5) is 34.9. The fourth-order valence-corrected chi connectivity index (χ4v) is 4.13. The minimum Gasteiger partial charge on any atom is -0.423 e. The van der Waals surface area contributed by atoms with Crippen molar-refractivity contribution >= 4 is 32.9 Å². The highest BCUT2D eigenvalue weighted by atomic mass is 32.2. The first-order valence-electron chi connectivity index (χ1n) is 8.68. The van der Waals surface area contributed by atoms with Gasteiger partial charge in [-0.2, -0.15) is 8.42 Å². The largest absolute Gasteiger partial charge is 0.423 e. The predicted molar refractivity (Wildman–Crippen MR) is 103 cm³/mol. The Morgan fingerprint density at radius 1 is 0.931 bits per heavy atom. The highest BCUT2D eigenvalue weighted by Gasteiger charge is 2.29. The van der Waals surface area contributed by atoms with Gasteiger partial charge in [0.15, 0.2) is 0 Å². The normalized spacial score (nSPS) is 13.6. The minimum atomic E-state index is -4.29. The maximum Gasteiger partial charge on any atom is 0.339 e. The lowest BCUT2D eigenvalue weighted by Gasteiger charge is -2.11. The third-order valence-corrected chi connectivity index (χ3v) is 5.82. The lowest BCUT2D eigenvalue weighted by molar-refractivity contribution is 0.0879. The first kappa shape index (κ1) is 18.9. The lowest BCUT2D eigenvalue weighted by atomic mass is 10.00. The van der Waals surface area contributed by atoms with Crippen LogP contribution in [0.1, 0.15) is 46.0 Å². The first-order valence-corrected chi connectivity index (χ1v) is 10.1. The van der Waals surface area contributed by atoms with Gasteiger partial charge in [0.2, 0.25) is 0 Å². The molecule has 2 aromatic carbocycles. The number of carbonyl (C=O) groups is 2. The molecule has 0 unspecified atom stereocenters. The molecule has 1 aliphatic heterocycles. The minimum absolute atomic E-state index is 0.0363. The second-order valence-electron chi connectivity index (χ2n) is 6.86. The second-order valence-corrected chi connectivity index (χ2v) is 8.41. The number of hydrogen-bond acceptors (Lipinski definition) is 7. The Morgan fingerprint density at radius 2 is 1.66 bits per heavy atom. The third-order valence-electron chi connectivity index (χ3n) is 4.57. The van der Waals surface area contributed by atoms with E-state index < -0.39 is 27.6 Å². The monoisotopic (exact) mass is 413 g/mol. The summed E-state index contributed by atoms with van der Waals surface area (Å²) in [5, 5.41) is 2.77. The molecule has 9 heteroatoms. The molecular weight excluding hydrogens is 398 g/mol. The molecule has 0 atom stereocenters. The smallest absolute Gasteiger partial charge is 0.339 e. The van der Waals surface area contributed by atoms with E-state index in [9.17, 15) is 22.8 Å². The van der Waals surface area contributed by atoms with E-state index in [0.29, 0.717) is 5.39 Å². The van der Waals surface area contributed by atoms with Crippen molar-refractivity contribution < 1.29 is 26.6 Å². The van der Waals surface area contributed by atoms with Crippen LogP contribution in [0.15, 0.2) is 56.6 Å². The van der Waals surface area contributed by atoms with E-state index in [-0.39, 0.29) is 33.3 Å². The van der Waals surface area contributed by atoms with E-state index in [1.54, 1.807) is 6.07 Å². The van der Waals surface area contributed by atoms with Gasteiger partial charge in [-0.1, -0.05) is 13.8 Å². The van der Waals surface area contributed by atoms with Crippen molar-refractivity contribution in [2.24, 2.45) is 0 Å². The number of rotatable bonds is 4. The maximum atomic E-state index is 12.6. The van der Waals surface area contributed by atoms with Gasteiger partial charge < -0.3 is 8.60 Å². The Hall–Kier alpha value is -3.46. The molecule has 148 valence electrons. The Labute approximate surface area is 165 Å². The van der Waals surface area contributed by atoms with Gasteiger partial charge in [-0.05, 0) is 41.8 Å². The summed E-state index contributed by atoms with van der Waals surface area (Å²) >= 11 is 0. The van der Waals surface area contributed by atoms with Crippen LogP contribution in [0.25, 0.3) is 11.0 Å². The molecule has 1 N–H and O–H groups in total. The van der Waals surface area contributed by atoms with E-state index in [4.69, 9.17) is 8.60 Å². The average Bonchev–Trinajstić information content (AvgIpc) is 2.94. The van der Waals surface area contributed by atoms with Crippen LogP contribution in [0.2, 0.25) is 0 Å². The molecule has 29 heavy (non-hydrogen) atoms. The molecule has 0 spiro atoms. The van der Waals surface area contributed by atoms with Crippen LogP contribution in [-0.2, 0) is 10.1 Å². The lowest BCUT2D eigenvalue weighted by Crippen LogP contribution is -2.19. The molecule has 1 aromatic heterocycles. The zero-order valence-corrected chi connectivity index (χ0v) is 16.2. The number of imide groups is 1. The Balaban J connectivity index is 1.73. The number of amides is 2. The number of fused-ring (bicyclic) bond motifs is 2. The SMILES string of the molecule is CC(C)c1cc(=O)oc2cc(OS(=O)(=O)c3ccc4c(c3)C(=O)NC4=O)ccc12. The molecule has 4 rings (SSSR count). The zero-order valence-electron chi connectivity index (χ0n) is 15.4. The van der Waals surface area contributed by atoms with Gasteiger partial charge in [0.1, 0.15) is 16.2 Å². The summed E-state index contributed by atoms with van der Waals surface area (Å²) in [5.74, 6) is -1.24. The molecule has 0 saturated carbocycles. The molecule has 0 radical (unpaired) electrons. The molecule has 8 nitrogen and oxygen atoms in total. The van der Waals surface area contributed by atoms with Crippen LogP contribution in [0.5, 0.6) is 5.75 Å². The van der Waals surface area contributed by atoms with Crippen LogP contribution >= 0.6 is 0 Å². The average molecular weight is 413 g/mol. The number of hydrogen-bond donors (Lipinski definition) is 1. The van der Waals surface area contributed by atoms with Crippen LogP contribution in [0, 0.1) is 0 Å². The Morgan fingerprint density at radius 3 is 2.38 bits per heavy atom. The van der Waals surface area contributed by atoms with Gasteiger partial charge in [-0.25, -0.2) is 4.79 Å². The predicted octanol–water partition coefficient (Wildman–Crippen LogP) is 2.57. The Bertz CT molecular complexity index is 1350. The molecule has 0 saturated heterocycles. The molecule has 1 aliphatic rings. The second kappa shape index (κ2) is 6.56. The van der Waals surface area contributed by atoms with Crippen molar-refractivity contribution in [3.63, 3.8) is 0 Å². The number of benzene rings is 2. The van der Waals surface area contributed by atoms with Crippen LogP contribution < -0.4 is 15.1 Å². The van der Waals surface area contributed by atoms with Crippen molar-refractivity contribution in [3.8, 4) is 5.75 Å². The molecule has 2 heterocycles. The summed E-state index contributed by atoms with van der Waals surface area (Å²) in [6.07, 6.45) is 0. The van der Waals surface area contributed by atoms with E-state index >= 15 is 0 Å². The molecule has 0 aliphatic carbocycles. The van der Waals surface area contributed by atoms with Crippen molar-refractivity contribution in [2.75, 3.05) is 0 Å². The van der Waals surface area contributed by atoms with E-state index in [0.717, 1.165) is 11.6 Å². The maximum absolute atomic E-state index is 12.6. The highest BCUT2D eigenvalue weighted by molar-refractivity contribution is 7.87. The van der Waals surface area contributed by atoms with Crippen molar-refractivity contribution in [1.29, 1.82) is 0 Å². The molecular formula is C20H15NO7S. The number of carbonyl (C=O) groups excluding carboxylic acids is 2. The molecule has 0 bridgehead atoms. The quantitative estimate of drug-likeness (QED) is 0.396. The number of nitrogens with one attached hydrogen (secondary N) is 1. The fraction of sp³-hybridized carbons (Fsp3) is 0.150. The van der Waals surface area contributed by atoms with Gasteiger partial charge in [0.05, 0.1) is 11.1 Å². The zero-order chi connectivity index (χ0) is 20.9. The van der Waals surface area contributed by atoms with Crippen molar-refractivity contribution in [2.45, 2.75) is 24.7 Å². The van der Waals surface area contributed by atoms with Crippen molar-refractivity contribution in [3.05, 3.63) is 69.6 Å². The molecule has 0 fully saturated rings. The topological polar surface area (TPSA) is 120 Å². The molecule has 3 aromatic rings. The van der Waals surface area contributed by atoms with Crippen LogP contribution in [-0.4, -0.2) is 20.2 Å². The standard InChI is InChI=1S/C20H15NO7S/c1-10(2)15-9-18(22)27-17-7-11(3-5-13(15)17)28-29(25,26)12-4-6-14-16(8-12)20(24)21-19(14)23/h3-10H,1-2H3,(H,21,23,24). The van der Waals surface area contributed by atoms with E-state index in [1.165, 1.54) is 30.3 Å². The van der Waals surface area contributed by atoms with Gasteiger partial charge in [0, 0.05) is 17.5 Å². The van der Waals surface area contributed by atoms with Gasteiger partial charge in [-0.15, -0.1) is 0 Å². The summed E-state index contributed by atoms with van der Waals surface area (Å²) < 4.78 is 35.6. The van der Waals surface area contributed by atoms with Gasteiger partial charge in [0.25, 0.3) is 11.8 Å². The van der Waals surface area contributed by atoms with Crippen LogP contribution in [0.4, 0.5) is 0 Å². The van der Waals surface area contributed by atoms with Gasteiger partial charge in [-0.3, -0.25) is 14.9 Å². The fourth-order valence-electron chi connectivity index (χ4n) is 3.17. The first-order chi connectivity index (χ1) is 13.7. The van der Waals surface area contributed by atoms with Crippen LogP contribution in [0.3, 0.4) is 0 Å². The third kappa shape index (κ3) is 3.29.